The van der Waals surface area contributed by atoms with Gasteiger partial charge in [-0.3, -0.25) is 9.59 Å². The lowest BCUT2D eigenvalue weighted by Gasteiger charge is -2.24. The first kappa shape index (κ1) is 22.5. The summed E-state index contributed by atoms with van der Waals surface area (Å²) in [5.74, 6) is 0.366. The Kier molecular flexibility index (Phi) is 7.43. The molecule has 0 radical (unpaired) electrons. The van der Waals surface area contributed by atoms with Gasteiger partial charge >= 0.3 is 0 Å². The van der Waals surface area contributed by atoms with Crippen molar-refractivity contribution >= 4 is 23.2 Å². The molecule has 2 rings (SSSR count). The van der Waals surface area contributed by atoms with Gasteiger partial charge in [0.05, 0.1) is 11.8 Å². The Hall–Kier alpha value is -2.82. The van der Waals surface area contributed by atoms with Crippen LogP contribution in [0.4, 0.5) is 11.4 Å². The molecule has 0 aliphatic heterocycles. The van der Waals surface area contributed by atoms with Crippen molar-refractivity contribution in [3.8, 4) is 5.75 Å². The second-order valence-electron chi connectivity index (χ2n) is 8.43. The molecule has 5 nitrogen and oxygen atoms in total. The van der Waals surface area contributed by atoms with Gasteiger partial charge in [0, 0.05) is 25.6 Å². The maximum absolute atomic E-state index is 12.4. The lowest BCUT2D eigenvalue weighted by Crippen LogP contribution is -2.32. The number of carbonyl (C=O) groups is 2. The molecular weight excluding hydrogens is 364 g/mol. The van der Waals surface area contributed by atoms with E-state index in [2.05, 4.69) is 26.1 Å². The van der Waals surface area contributed by atoms with Gasteiger partial charge in [0.1, 0.15) is 5.75 Å². The van der Waals surface area contributed by atoms with E-state index < -0.39 is 0 Å². The van der Waals surface area contributed by atoms with Gasteiger partial charge in [-0.15, -0.1) is 0 Å². The summed E-state index contributed by atoms with van der Waals surface area (Å²) in [4.78, 5) is 26.2. The summed E-state index contributed by atoms with van der Waals surface area (Å²) in [5.41, 5.74) is 2.70. The number of benzene rings is 2. The van der Waals surface area contributed by atoms with Crippen LogP contribution in [-0.4, -0.2) is 24.5 Å². The van der Waals surface area contributed by atoms with Crippen LogP contribution in [-0.2, 0) is 15.0 Å². The van der Waals surface area contributed by atoms with E-state index in [0.29, 0.717) is 11.4 Å². The van der Waals surface area contributed by atoms with Crippen molar-refractivity contribution in [2.24, 2.45) is 0 Å². The van der Waals surface area contributed by atoms with Crippen molar-refractivity contribution < 1.29 is 14.3 Å². The Morgan fingerprint density at radius 3 is 2.21 bits per heavy atom. The predicted octanol–water partition coefficient (Wildman–Crippen LogP) is 5.15. The van der Waals surface area contributed by atoms with Crippen molar-refractivity contribution in [1.29, 1.82) is 0 Å². The van der Waals surface area contributed by atoms with Crippen molar-refractivity contribution in [2.75, 3.05) is 16.8 Å². The minimum Gasteiger partial charge on any atom is -0.489 e. The summed E-state index contributed by atoms with van der Waals surface area (Å²) in [6.07, 6.45) is 0.181. The third-order valence-electron chi connectivity index (χ3n) is 4.50. The number of ether oxygens (including phenoxy) is 1. The number of carbonyl (C=O) groups excluding carboxylic acids is 2. The molecule has 0 unspecified atom stereocenters. The van der Waals surface area contributed by atoms with Crippen LogP contribution in [0.15, 0.2) is 48.5 Å². The van der Waals surface area contributed by atoms with E-state index in [9.17, 15) is 9.59 Å². The van der Waals surface area contributed by atoms with Gasteiger partial charge in [-0.1, -0.05) is 45.0 Å². The Morgan fingerprint density at radius 2 is 1.66 bits per heavy atom. The highest BCUT2D eigenvalue weighted by Gasteiger charge is 2.18. The van der Waals surface area contributed by atoms with Crippen LogP contribution in [0.25, 0.3) is 0 Å². The Balaban J connectivity index is 2.04. The highest BCUT2D eigenvalue weighted by atomic mass is 16.5. The topological polar surface area (TPSA) is 58.6 Å². The van der Waals surface area contributed by atoms with Gasteiger partial charge in [0.2, 0.25) is 11.8 Å². The zero-order valence-electron chi connectivity index (χ0n) is 18.3. The number of anilines is 2. The normalized spacial score (nSPS) is 11.3. The van der Waals surface area contributed by atoms with Gasteiger partial charge < -0.3 is 15.0 Å². The lowest BCUT2D eigenvalue weighted by molar-refractivity contribution is -0.117. The number of nitrogens with zero attached hydrogens (tertiary/aromatic N) is 1. The minimum atomic E-state index is -0.137. The first-order chi connectivity index (χ1) is 13.6. The SMILES string of the molecule is CC(=O)N(CCC(=O)Nc1ccc(C(C)(C)C)cc1)c1ccccc1OC(C)C. The number of rotatable bonds is 7. The third kappa shape index (κ3) is 6.63. The third-order valence-corrected chi connectivity index (χ3v) is 4.50. The molecule has 2 amide bonds. The summed E-state index contributed by atoms with van der Waals surface area (Å²) in [7, 11) is 0. The summed E-state index contributed by atoms with van der Waals surface area (Å²) in [6.45, 7) is 12.1. The average molecular weight is 397 g/mol. The Bertz CT molecular complexity index is 836. The van der Waals surface area contributed by atoms with Gasteiger partial charge in [-0.2, -0.15) is 0 Å². The second-order valence-corrected chi connectivity index (χ2v) is 8.43. The molecule has 0 atom stereocenters. The summed E-state index contributed by atoms with van der Waals surface area (Å²) < 4.78 is 5.82. The Morgan fingerprint density at radius 1 is 1.03 bits per heavy atom. The van der Waals surface area contributed by atoms with Crippen LogP contribution in [0.5, 0.6) is 5.75 Å². The summed E-state index contributed by atoms with van der Waals surface area (Å²) in [6, 6.07) is 15.3. The van der Waals surface area contributed by atoms with E-state index in [1.807, 2.05) is 62.4 Å². The molecular formula is C24H32N2O3. The minimum absolute atomic E-state index is 0.00988. The molecule has 1 N–H and O–H groups in total. The molecule has 0 saturated heterocycles. The van der Waals surface area contributed by atoms with Gasteiger partial charge in [0.25, 0.3) is 0 Å². The average Bonchev–Trinajstić information content (AvgIpc) is 2.62. The maximum atomic E-state index is 12.4. The van der Waals surface area contributed by atoms with Crippen molar-refractivity contribution in [2.45, 2.75) is 59.5 Å². The molecule has 0 saturated carbocycles. The van der Waals surface area contributed by atoms with E-state index in [4.69, 9.17) is 4.74 Å². The fraction of sp³-hybridized carbons (Fsp3) is 0.417. The van der Waals surface area contributed by atoms with Crippen LogP contribution in [0.2, 0.25) is 0 Å². The molecule has 5 heteroatoms. The molecule has 2 aromatic rings. The molecule has 2 aromatic carbocycles. The number of hydrogen-bond donors (Lipinski definition) is 1. The van der Waals surface area contributed by atoms with Crippen LogP contribution >= 0.6 is 0 Å². The highest BCUT2D eigenvalue weighted by molar-refractivity contribution is 5.95. The van der Waals surface area contributed by atoms with Crippen LogP contribution < -0.4 is 15.0 Å². The molecule has 0 aliphatic carbocycles. The Labute approximate surface area is 174 Å². The molecule has 29 heavy (non-hydrogen) atoms. The summed E-state index contributed by atoms with van der Waals surface area (Å²) >= 11 is 0. The van der Waals surface area contributed by atoms with Crippen molar-refractivity contribution in [3.63, 3.8) is 0 Å². The quantitative estimate of drug-likeness (QED) is 0.704. The van der Waals surface area contributed by atoms with Crippen LogP contribution in [0, 0.1) is 0 Å². The van der Waals surface area contributed by atoms with E-state index >= 15 is 0 Å². The standard InChI is InChI=1S/C24H32N2O3/c1-17(2)29-22-10-8-7-9-21(22)26(18(3)27)16-15-23(28)25-20-13-11-19(12-14-20)24(4,5)6/h7-14,17H,15-16H2,1-6H3,(H,25,28). The number of para-hydroxylation sites is 2. The monoisotopic (exact) mass is 396 g/mol. The van der Waals surface area contributed by atoms with Gasteiger partial charge in [-0.25, -0.2) is 0 Å². The first-order valence-electron chi connectivity index (χ1n) is 10.0. The zero-order chi connectivity index (χ0) is 21.6. The highest BCUT2D eigenvalue weighted by Crippen LogP contribution is 2.29. The number of amides is 2. The van der Waals surface area contributed by atoms with Gasteiger partial charge in [-0.05, 0) is 49.1 Å². The van der Waals surface area contributed by atoms with E-state index in [1.54, 1.807) is 4.90 Å². The van der Waals surface area contributed by atoms with Crippen LogP contribution in [0.1, 0.15) is 53.5 Å². The van der Waals surface area contributed by atoms with Crippen LogP contribution in [0.3, 0.4) is 0 Å². The zero-order valence-corrected chi connectivity index (χ0v) is 18.3. The molecule has 0 aromatic heterocycles. The fourth-order valence-electron chi connectivity index (χ4n) is 2.97. The second kappa shape index (κ2) is 9.59. The summed E-state index contributed by atoms with van der Waals surface area (Å²) in [5, 5.41) is 2.91. The van der Waals surface area contributed by atoms with E-state index in [1.165, 1.54) is 12.5 Å². The fourth-order valence-corrected chi connectivity index (χ4v) is 2.97. The number of nitrogens with one attached hydrogen (secondary N) is 1. The molecule has 0 spiro atoms. The van der Waals surface area contributed by atoms with E-state index in [0.717, 1.165) is 5.69 Å². The molecule has 0 aliphatic rings. The smallest absolute Gasteiger partial charge is 0.226 e. The van der Waals surface area contributed by atoms with Gasteiger partial charge in [0.15, 0.2) is 0 Å². The van der Waals surface area contributed by atoms with Crippen molar-refractivity contribution in [1.82, 2.24) is 0 Å². The molecule has 156 valence electrons. The number of hydrogen-bond acceptors (Lipinski definition) is 3. The molecule has 0 fully saturated rings. The largest absolute Gasteiger partial charge is 0.489 e. The lowest BCUT2D eigenvalue weighted by atomic mass is 9.87. The van der Waals surface area contributed by atoms with E-state index in [-0.39, 0.29) is 36.3 Å². The first-order valence-corrected chi connectivity index (χ1v) is 10.0. The maximum Gasteiger partial charge on any atom is 0.226 e. The molecule has 0 bridgehead atoms. The predicted molar refractivity (Wildman–Crippen MR) is 119 cm³/mol. The molecule has 0 heterocycles. The van der Waals surface area contributed by atoms with Crippen molar-refractivity contribution in [3.05, 3.63) is 54.1 Å².